The van der Waals surface area contributed by atoms with Gasteiger partial charge in [-0.25, -0.2) is 18.0 Å². The van der Waals surface area contributed by atoms with E-state index in [0.717, 1.165) is 30.2 Å². The highest BCUT2D eigenvalue weighted by atomic mass is 19.2. The fourth-order valence-corrected chi connectivity index (χ4v) is 4.42. The van der Waals surface area contributed by atoms with Crippen LogP contribution in [0.4, 0.5) is 22.0 Å². The Morgan fingerprint density at radius 3 is 2.34 bits per heavy atom. The molecule has 1 unspecified atom stereocenters. The summed E-state index contributed by atoms with van der Waals surface area (Å²) < 4.78 is 82.0. The second kappa shape index (κ2) is 11.8. The Balaban J connectivity index is 1.45. The monoisotopic (exact) mass is 530 g/mol. The van der Waals surface area contributed by atoms with E-state index in [1.54, 1.807) is 12.1 Å². The molecule has 1 atom stereocenters. The second-order valence-electron chi connectivity index (χ2n) is 9.28. The first-order valence-corrected chi connectivity index (χ1v) is 12.5. The number of carbonyl (C=O) groups is 1. The first-order valence-electron chi connectivity index (χ1n) is 12.5. The highest BCUT2D eigenvalue weighted by Crippen LogP contribution is 2.38. The van der Waals surface area contributed by atoms with Crippen LogP contribution in [0.5, 0.6) is 11.5 Å². The van der Waals surface area contributed by atoms with Gasteiger partial charge in [-0.1, -0.05) is 37.6 Å². The van der Waals surface area contributed by atoms with E-state index in [4.69, 9.17) is 9.47 Å². The molecule has 3 nitrogen and oxygen atoms in total. The summed E-state index contributed by atoms with van der Waals surface area (Å²) in [6, 6.07) is 9.25. The van der Waals surface area contributed by atoms with Crippen molar-refractivity contribution in [2.75, 3.05) is 6.61 Å². The summed E-state index contributed by atoms with van der Waals surface area (Å²) >= 11 is 0. The van der Waals surface area contributed by atoms with Gasteiger partial charge in [0.05, 0.1) is 12.2 Å². The van der Waals surface area contributed by atoms with E-state index in [1.807, 2.05) is 13.0 Å². The summed E-state index contributed by atoms with van der Waals surface area (Å²) in [6.45, 7) is 3.64. The van der Waals surface area contributed by atoms with Gasteiger partial charge < -0.3 is 9.47 Å². The molecule has 4 rings (SSSR count). The molecule has 8 heteroatoms. The molecule has 38 heavy (non-hydrogen) atoms. The SMILES string of the molecule is CCCCOc1ccc(OC(=O)c2ccc(C3=CCC(c4ccc(C)c(F)c4F)CC3)cc2F)c(F)c1F. The van der Waals surface area contributed by atoms with Gasteiger partial charge in [0.1, 0.15) is 5.82 Å². The van der Waals surface area contributed by atoms with Crippen molar-refractivity contribution in [3.8, 4) is 11.5 Å². The number of aryl methyl sites for hydroxylation is 1. The zero-order chi connectivity index (χ0) is 27.4. The Hall–Kier alpha value is -3.68. The summed E-state index contributed by atoms with van der Waals surface area (Å²) in [5.41, 5.74) is 1.45. The van der Waals surface area contributed by atoms with Crippen LogP contribution in [-0.4, -0.2) is 12.6 Å². The number of benzene rings is 3. The van der Waals surface area contributed by atoms with Crippen molar-refractivity contribution in [3.05, 3.63) is 99.9 Å². The van der Waals surface area contributed by atoms with E-state index < -0.39 is 46.4 Å². The number of unbranched alkanes of at least 4 members (excludes halogenated alkanes) is 1. The Morgan fingerprint density at radius 1 is 0.921 bits per heavy atom. The molecule has 0 aliphatic heterocycles. The fourth-order valence-electron chi connectivity index (χ4n) is 4.42. The molecule has 0 N–H and O–H groups in total. The van der Waals surface area contributed by atoms with Crippen molar-refractivity contribution in [2.45, 2.75) is 51.9 Å². The van der Waals surface area contributed by atoms with Crippen LogP contribution in [0.1, 0.15) is 72.0 Å². The van der Waals surface area contributed by atoms with Crippen molar-refractivity contribution in [1.29, 1.82) is 0 Å². The lowest BCUT2D eigenvalue weighted by molar-refractivity contribution is 0.0721. The maximum Gasteiger partial charge on any atom is 0.346 e. The van der Waals surface area contributed by atoms with Crippen molar-refractivity contribution >= 4 is 11.5 Å². The van der Waals surface area contributed by atoms with Crippen LogP contribution >= 0.6 is 0 Å². The number of rotatable bonds is 8. The van der Waals surface area contributed by atoms with Crippen LogP contribution < -0.4 is 9.47 Å². The number of halogens is 5. The van der Waals surface area contributed by atoms with Crippen molar-refractivity contribution < 1.29 is 36.2 Å². The summed E-state index contributed by atoms with van der Waals surface area (Å²) in [4.78, 5) is 12.5. The van der Waals surface area contributed by atoms with Crippen molar-refractivity contribution in [2.24, 2.45) is 0 Å². The number of allylic oxidation sites excluding steroid dienone is 2. The van der Waals surface area contributed by atoms with Gasteiger partial charge in [-0.3, -0.25) is 0 Å². The molecule has 1 aliphatic rings. The zero-order valence-corrected chi connectivity index (χ0v) is 21.1. The molecular weight excluding hydrogens is 503 g/mol. The van der Waals surface area contributed by atoms with Gasteiger partial charge in [0.25, 0.3) is 0 Å². The first kappa shape index (κ1) is 27.4. The lowest BCUT2D eigenvalue weighted by Crippen LogP contribution is -2.13. The maximum absolute atomic E-state index is 14.8. The first-order chi connectivity index (χ1) is 18.2. The topological polar surface area (TPSA) is 35.5 Å². The van der Waals surface area contributed by atoms with E-state index in [0.29, 0.717) is 36.8 Å². The lowest BCUT2D eigenvalue weighted by atomic mass is 9.82. The average Bonchev–Trinajstić information content (AvgIpc) is 2.91. The van der Waals surface area contributed by atoms with Gasteiger partial charge in [-0.2, -0.15) is 8.78 Å². The van der Waals surface area contributed by atoms with Crippen LogP contribution in [0.2, 0.25) is 0 Å². The van der Waals surface area contributed by atoms with Crippen molar-refractivity contribution in [3.63, 3.8) is 0 Å². The minimum atomic E-state index is -1.41. The summed E-state index contributed by atoms with van der Waals surface area (Å²) in [5, 5.41) is 0. The molecule has 1 aliphatic carbocycles. The third-order valence-electron chi connectivity index (χ3n) is 6.69. The molecular formula is C30H27F5O3. The van der Waals surface area contributed by atoms with Gasteiger partial charge in [-0.05, 0) is 85.1 Å². The van der Waals surface area contributed by atoms with Gasteiger partial charge in [0, 0.05) is 0 Å². The van der Waals surface area contributed by atoms with E-state index >= 15 is 0 Å². The maximum atomic E-state index is 14.8. The molecule has 0 heterocycles. The largest absolute Gasteiger partial charge is 0.490 e. The molecule has 0 radical (unpaired) electrons. The van der Waals surface area contributed by atoms with Gasteiger partial charge >= 0.3 is 5.97 Å². The number of carbonyl (C=O) groups excluding carboxylic acids is 1. The average molecular weight is 531 g/mol. The van der Waals surface area contributed by atoms with Crippen LogP contribution in [0.15, 0.2) is 48.5 Å². The Bertz CT molecular complexity index is 1380. The Labute approximate surface area is 217 Å². The summed E-state index contributed by atoms with van der Waals surface area (Å²) in [5.74, 6) is -7.63. The Kier molecular flexibility index (Phi) is 8.49. The molecule has 0 bridgehead atoms. The van der Waals surface area contributed by atoms with Gasteiger partial charge in [0.2, 0.25) is 11.6 Å². The molecule has 3 aromatic carbocycles. The third kappa shape index (κ3) is 5.74. The normalized spacial score (nSPS) is 15.2. The molecule has 200 valence electrons. The number of esters is 1. The zero-order valence-electron chi connectivity index (χ0n) is 21.1. The van der Waals surface area contributed by atoms with E-state index in [9.17, 15) is 26.7 Å². The minimum Gasteiger partial charge on any atom is -0.490 e. The minimum absolute atomic E-state index is 0.202. The standard InChI is InChI=1S/C30H27F5O3/c1-3-4-15-37-24-13-14-25(29(35)28(24)34)38-30(36)22-12-10-20(16-23(22)31)18-6-8-19(9-7-18)21-11-5-17(2)26(32)27(21)33/h5-6,10-14,16,19H,3-4,7-9,15H2,1-2H3. The number of hydrogen-bond donors (Lipinski definition) is 0. The summed E-state index contributed by atoms with van der Waals surface area (Å²) in [6.07, 6.45) is 4.82. The molecule has 0 saturated heterocycles. The van der Waals surface area contributed by atoms with Crippen molar-refractivity contribution in [1.82, 2.24) is 0 Å². The molecule has 0 spiro atoms. The lowest BCUT2D eigenvalue weighted by Gasteiger charge is -2.23. The van der Waals surface area contributed by atoms with E-state index in [1.165, 1.54) is 19.1 Å². The molecule has 3 aromatic rings. The molecule has 0 aromatic heterocycles. The van der Waals surface area contributed by atoms with Crippen LogP contribution in [-0.2, 0) is 0 Å². The fraction of sp³-hybridized carbons (Fsp3) is 0.300. The second-order valence-corrected chi connectivity index (χ2v) is 9.28. The molecule has 0 fully saturated rings. The third-order valence-corrected chi connectivity index (χ3v) is 6.69. The van der Waals surface area contributed by atoms with E-state index in [-0.39, 0.29) is 23.8 Å². The number of ether oxygens (including phenoxy) is 2. The van der Waals surface area contributed by atoms with E-state index in [2.05, 4.69) is 0 Å². The van der Waals surface area contributed by atoms with Crippen LogP contribution in [0, 0.1) is 36.0 Å². The number of hydrogen-bond acceptors (Lipinski definition) is 3. The Morgan fingerprint density at radius 2 is 1.66 bits per heavy atom. The predicted octanol–water partition coefficient (Wildman–Crippen LogP) is 8.44. The van der Waals surface area contributed by atoms with Crippen LogP contribution in [0.3, 0.4) is 0 Å². The summed E-state index contributed by atoms with van der Waals surface area (Å²) in [7, 11) is 0. The smallest absolute Gasteiger partial charge is 0.346 e. The highest BCUT2D eigenvalue weighted by Gasteiger charge is 2.24. The van der Waals surface area contributed by atoms with Crippen LogP contribution in [0.25, 0.3) is 5.57 Å². The molecule has 0 saturated carbocycles. The quantitative estimate of drug-likeness (QED) is 0.127. The van der Waals surface area contributed by atoms with Gasteiger partial charge in [-0.15, -0.1) is 0 Å². The van der Waals surface area contributed by atoms with Gasteiger partial charge in [0.15, 0.2) is 23.1 Å². The predicted molar refractivity (Wildman–Crippen MR) is 134 cm³/mol. The molecule has 0 amide bonds. The highest BCUT2D eigenvalue weighted by molar-refractivity contribution is 5.92.